The van der Waals surface area contributed by atoms with Crippen molar-refractivity contribution in [3.8, 4) is 34.7 Å². The number of aromatic nitrogens is 2. The zero-order chi connectivity index (χ0) is 18.3. The van der Waals surface area contributed by atoms with Crippen LogP contribution in [0.3, 0.4) is 0 Å². The molecule has 2 aromatic carbocycles. The van der Waals surface area contributed by atoms with Crippen LogP contribution in [0.5, 0.6) is 17.4 Å². The van der Waals surface area contributed by atoms with E-state index in [9.17, 15) is 15.5 Å². The van der Waals surface area contributed by atoms with Gasteiger partial charge in [-0.25, -0.2) is 0 Å². The molecule has 0 bridgehead atoms. The van der Waals surface area contributed by atoms with E-state index in [2.05, 4.69) is 16.3 Å². The molecule has 2 unspecified atom stereocenters. The maximum absolute atomic E-state index is 9.90. The molecule has 4 rings (SSSR count). The maximum Gasteiger partial charge on any atom is 0.244 e. The van der Waals surface area contributed by atoms with Gasteiger partial charge in [-0.1, -0.05) is 36.4 Å². The molecule has 7 nitrogen and oxygen atoms in total. The van der Waals surface area contributed by atoms with Gasteiger partial charge in [-0.15, -0.1) is 5.10 Å². The molecule has 7 heteroatoms. The minimum Gasteiger partial charge on any atom is -0.504 e. The minimum atomic E-state index is -0.883. The summed E-state index contributed by atoms with van der Waals surface area (Å²) in [5, 5.41) is 44.3. The predicted molar refractivity (Wildman–Crippen MR) is 93.1 cm³/mol. The lowest BCUT2D eigenvalue weighted by Gasteiger charge is -2.28. The summed E-state index contributed by atoms with van der Waals surface area (Å²) < 4.78 is 5.45. The highest BCUT2D eigenvalue weighted by atomic mass is 16.5. The second-order valence-electron chi connectivity index (χ2n) is 5.98. The Balaban J connectivity index is 1.95. The minimum absolute atomic E-state index is 0.205. The monoisotopic (exact) mass is 346 g/mol. The molecule has 26 heavy (non-hydrogen) atoms. The van der Waals surface area contributed by atoms with Crippen molar-refractivity contribution < 1.29 is 14.9 Å². The highest BCUT2D eigenvalue weighted by Crippen LogP contribution is 2.46. The number of aromatic hydroxyl groups is 2. The number of phenols is 2. The molecule has 0 radical (unpaired) electrons. The number of nitrogens with zero attached hydrogens (tertiary/aromatic N) is 2. The molecule has 128 valence electrons. The van der Waals surface area contributed by atoms with Crippen LogP contribution in [-0.2, 0) is 0 Å². The van der Waals surface area contributed by atoms with E-state index in [1.54, 1.807) is 6.07 Å². The topological polar surface area (TPSA) is 126 Å². The molecule has 1 aliphatic rings. The fourth-order valence-corrected chi connectivity index (χ4v) is 3.24. The first-order chi connectivity index (χ1) is 12.6. The van der Waals surface area contributed by atoms with E-state index in [4.69, 9.17) is 10.1 Å². The number of fused-ring (bicyclic) bond motifs is 1. The number of phenolic OH excluding ortho intramolecular Hbond substituents is 2. The third-order valence-electron chi connectivity index (χ3n) is 4.46. The molecule has 1 aliphatic heterocycles. The summed E-state index contributed by atoms with van der Waals surface area (Å²) in [5.74, 6) is -1.96. The fourth-order valence-electron chi connectivity index (χ4n) is 3.24. The van der Waals surface area contributed by atoms with E-state index in [-0.39, 0.29) is 23.3 Å². The molecule has 4 N–H and O–H groups in total. The van der Waals surface area contributed by atoms with E-state index in [0.29, 0.717) is 16.8 Å². The quantitative estimate of drug-likeness (QED) is 0.530. The van der Waals surface area contributed by atoms with Crippen molar-refractivity contribution in [2.45, 2.75) is 5.92 Å². The normalized spacial score (nSPS) is 18.7. The van der Waals surface area contributed by atoms with Crippen molar-refractivity contribution in [3.63, 3.8) is 0 Å². The first-order valence-electron chi connectivity index (χ1n) is 7.91. The summed E-state index contributed by atoms with van der Waals surface area (Å²) >= 11 is 0. The summed E-state index contributed by atoms with van der Waals surface area (Å²) in [6, 6.07) is 16.0. The average Bonchev–Trinajstić information content (AvgIpc) is 3.07. The summed E-state index contributed by atoms with van der Waals surface area (Å²) in [7, 11) is 0. The van der Waals surface area contributed by atoms with Crippen molar-refractivity contribution in [1.29, 1.82) is 10.7 Å². The summed E-state index contributed by atoms with van der Waals surface area (Å²) in [4.78, 5) is 0. The lowest BCUT2D eigenvalue weighted by molar-refractivity contribution is 0.401. The van der Waals surface area contributed by atoms with E-state index in [1.807, 2.05) is 30.3 Å². The zero-order valence-electron chi connectivity index (χ0n) is 13.5. The molecular weight excluding hydrogens is 332 g/mol. The van der Waals surface area contributed by atoms with Crippen molar-refractivity contribution in [2.24, 2.45) is 5.92 Å². The van der Waals surface area contributed by atoms with Crippen LogP contribution in [0.1, 0.15) is 17.0 Å². The number of rotatable bonds is 2. The number of benzene rings is 2. The SMILES string of the molecule is N#CC1C(=N)Oc2n[nH]c(-c3ccccc3)c2C1c1ccc(O)c(O)c1. The van der Waals surface area contributed by atoms with Gasteiger partial charge >= 0.3 is 0 Å². The van der Waals surface area contributed by atoms with Gasteiger partial charge in [0.2, 0.25) is 11.8 Å². The van der Waals surface area contributed by atoms with Crippen LogP contribution in [-0.4, -0.2) is 26.3 Å². The predicted octanol–water partition coefficient (Wildman–Crippen LogP) is 3.13. The number of nitriles is 1. The average molecular weight is 346 g/mol. The Morgan fingerprint density at radius 3 is 2.58 bits per heavy atom. The molecule has 1 aromatic heterocycles. The summed E-state index contributed by atoms with van der Waals surface area (Å²) in [5.41, 5.74) is 2.78. The second kappa shape index (κ2) is 5.93. The Kier molecular flexibility index (Phi) is 3.59. The Bertz CT molecular complexity index is 1040. The number of hydrogen-bond donors (Lipinski definition) is 4. The molecule has 0 spiro atoms. The third-order valence-corrected chi connectivity index (χ3v) is 4.46. The number of aromatic amines is 1. The summed E-state index contributed by atoms with van der Waals surface area (Å²) in [6.07, 6.45) is 0. The highest BCUT2D eigenvalue weighted by Gasteiger charge is 2.41. The largest absolute Gasteiger partial charge is 0.504 e. The van der Waals surface area contributed by atoms with Gasteiger partial charge < -0.3 is 14.9 Å². The summed E-state index contributed by atoms with van der Waals surface area (Å²) in [6.45, 7) is 0. The first kappa shape index (κ1) is 15.7. The Morgan fingerprint density at radius 1 is 1.12 bits per heavy atom. The van der Waals surface area contributed by atoms with Crippen molar-refractivity contribution in [3.05, 3.63) is 59.7 Å². The molecule has 3 aromatic rings. The number of H-pyrrole nitrogens is 1. The van der Waals surface area contributed by atoms with Crippen LogP contribution >= 0.6 is 0 Å². The highest BCUT2D eigenvalue weighted by molar-refractivity contribution is 5.86. The van der Waals surface area contributed by atoms with Crippen LogP contribution in [0.2, 0.25) is 0 Å². The van der Waals surface area contributed by atoms with Crippen molar-refractivity contribution in [2.75, 3.05) is 0 Å². The van der Waals surface area contributed by atoms with Crippen LogP contribution in [0.4, 0.5) is 0 Å². The molecule has 0 fully saturated rings. The van der Waals surface area contributed by atoms with E-state index in [1.165, 1.54) is 12.1 Å². The first-order valence-corrected chi connectivity index (χ1v) is 7.91. The number of nitrogens with one attached hydrogen (secondary N) is 2. The molecule has 0 aliphatic carbocycles. The molecule has 2 atom stereocenters. The van der Waals surface area contributed by atoms with Crippen LogP contribution in [0.15, 0.2) is 48.5 Å². The van der Waals surface area contributed by atoms with Crippen molar-refractivity contribution in [1.82, 2.24) is 10.2 Å². The maximum atomic E-state index is 9.90. The fraction of sp³-hybridized carbons (Fsp3) is 0.105. The van der Waals surface area contributed by atoms with Crippen molar-refractivity contribution >= 4 is 5.90 Å². The van der Waals surface area contributed by atoms with E-state index in [0.717, 1.165) is 5.56 Å². The Morgan fingerprint density at radius 2 is 1.88 bits per heavy atom. The molecule has 0 saturated heterocycles. The molecule has 2 heterocycles. The van der Waals surface area contributed by atoms with Crippen LogP contribution in [0.25, 0.3) is 11.3 Å². The molecule has 0 amide bonds. The van der Waals surface area contributed by atoms with Gasteiger partial charge in [0.25, 0.3) is 0 Å². The van der Waals surface area contributed by atoms with E-state index < -0.39 is 11.8 Å². The molecule has 0 saturated carbocycles. The number of hydrogen-bond acceptors (Lipinski definition) is 6. The smallest absolute Gasteiger partial charge is 0.244 e. The van der Waals surface area contributed by atoms with E-state index >= 15 is 0 Å². The van der Waals surface area contributed by atoms with Gasteiger partial charge in [-0.05, 0) is 23.3 Å². The van der Waals surface area contributed by atoms with Crippen LogP contribution < -0.4 is 4.74 Å². The third kappa shape index (κ3) is 2.36. The zero-order valence-corrected chi connectivity index (χ0v) is 13.5. The van der Waals surface area contributed by atoms with Gasteiger partial charge in [0.05, 0.1) is 17.3 Å². The van der Waals surface area contributed by atoms with Gasteiger partial charge in [0.15, 0.2) is 11.5 Å². The van der Waals surface area contributed by atoms with Gasteiger partial charge in [0, 0.05) is 5.92 Å². The Labute approximate surface area is 148 Å². The van der Waals surface area contributed by atoms with Gasteiger partial charge in [-0.3, -0.25) is 10.5 Å². The standard InChI is InChI=1S/C19H14N4O3/c20-9-12-15(11-6-7-13(24)14(25)8-11)16-17(10-4-2-1-3-5-10)22-23-19(16)26-18(12)21/h1-8,12,15,21,24-25H,(H,22,23). The number of ether oxygens (including phenoxy) is 1. The second-order valence-corrected chi connectivity index (χ2v) is 5.98. The van der Waals surface area contributed by atoms with Gasteiger partial charge in [0.1, 0.15) is 5.92 Å². The Hall–Kier alpha value is -3.79. The lowest BCUT2D eigenvalue weighted by atomic mass is 9.78. The lowest BCUT2D eigenvalue weighted by Crippen LogP contribution is -2.30. The van der Waals surface area contributed by atoms with Crippen LogP contribution in [0, 0.1) is 22.7 Å². The van der Waals surface area contributed by atoms with Gasteiger partial charge in [-0.2, -0.15) is 5.26 Å². The molecular formula is C19H14N4O3.